The lowest BCUT2D eigenvalue weighted by molar-refractivity contribution is -0.120. The molecule has 29 heavy (non-hydrogen) atoms. The molecule has 3 rings (SSSR count). The van der Waals surface area contributed by atoms with Crippen molar-refractivity contribution in [1.29, 1.82) is 0 Å². The van der Waals surface area contributed by atoms with Crippen molar-refractivity contribution in [3.8, 4) is 17.2 Å². The third kappa shape index (κ3) is 5.71. The molecule has 0 unspecified atom stereocenters. The Morgan fingerprint density at radius 1 is 1.21 bits per heavy atom. The largest absolute Gasteiger partial charge is 0.493 e. The number of fused-ring (bicyclic) bond motifs is 1. The predicted molar refractivity (Wildman–Crippen MR) is 111 cm³/mol. The standard InChI is InChI=1S/C20H20BrN3O5/c1-2-7-27-16-6-4-15(21)8-14(16)10-23-24-19(25)11-22-20(26)13-3-5-17-18(9-13)29-12-28-17/h3-6,8-10H,2,7,11-12H2,1H3,(H,22,26)(H,24,25)/b23-10+. The lowest BCUT2D eigenvalue weighted by atomic mass is 10.2. The van der Waals surface area contributed by atoms with E-state index in [0.717, 1.165) is 16.5 Å². The fourth-order valence-electron chi connectivity index (χ4n) is 2.48. The number of nitrogens with one attached hydrogen (secondary N) is 2. The third-order valence-corrected chi connectivity index (χ3v) is 4.36. The molecule has 1 heterocycles. The second-order valence-electron chi connectivity index (χ2n) is 6.07. The zero-order valence-electron chi connectivity index (χ0n) is 15.7. The molecule has 1 aliphatic rings. The van der Waals surface area contributed by atoms with Crippen molar-refractivity contribution >= 4 is 34.0 Å². The number of amides is 2. The number of nitrogens with zero attached hydrogens (tertiary/aromatic N) is 1. The molecule has 2 aromatic rings. The van der Waals surface area contributed by atoms with Crippen LogP contribution in [0, 0.1) is 0 Å². The number of ether oxygens (including phenoxy) is 3. The van der Waals surface area contributed by atoms with Crippen molar-refractivity contribution in [2.24, 2.45) is 5.10 Å². The number of hydrogen-bond acceptors (Lipinski definition) is 6. The maximum absolute atomic E-state index is 12.2. The highest BCUT2D eigenvalue weighted by Gasteiger charge is 2.16. The minimum absolute atomic E-state index is 0.129. The summed E-state index contributed by atoms with van der Waals surface area (Å²) in [6, 6.07) is 10.4. The average molecular weight is 462 g/mol. The summed E-state index contributed by atoms with van der Waals surface area (Å²) in [5.41, 5.74) is 3.48. The molecule has 0 aliphatic carbocycles. The van der Waals surface area contributed by atoms with Gasteiger partial charge < -0.3 is 19.5 Å². The van der Waals surface area contributed by atoms with Crippen molar-refractivity contribution in [2.75, 3.05) is 19.9 Å². The highest BCUT2D eigenvalue weighted by Crippen LogP contribution is 2.32. The van der Waals surface area contributed by atoms with Gasteiger partial charge in [0.05, 0.1) is 19.4 Å². The molecule has 0 fully saturated rings. The van der Waals surface area contributed by atoms with Crippen LogP contribution in [-0.2, 0) is 4.79 Å². The molecule has 0 spiro atoms. The summed E-state index contributed by atoms with van der Waals surface area (Å²) in [5.74, 6) is 0.903. The molecule has 152 valence electrons. The first kappa shape index (κ1) is 20.7. The van der Waals surface area contributed by atoms with Crippen LogP contribution in [-0.4, -0.2) is 38.0 Å². The van der Waals surface area contributed by atoms with Gasteiger partial charge in [0.1, 0.15) is 5.75 Å². The molecule has 0 bridgehead atoms. The zero-order chi connectivity index (χ0) is 20.6. The molecule has 2 N–H and O–H groups in total. The number of carbonyl (C=O) groups excluding carboxylic acids is 2. The van der Waals surface area contributed by atoms with E-state index in [1.54, 1.807) is 18.2 Å². The second-order valence-corrected chi connectivity index (χ2v) is 6.99. The van der Waals surface area contributed by atoms with Crippen LogP contribution in [0.2, 0.25) is 0 Å². The van der Waals surface area contributed by atoms with Gasteiger partial charge in [-0.05, 0) is 42.8 Å². The predicted octanol–water partition coefficient (Wildman–Crippen LogP) is 2.85. The van der Waals surface area contributed by atoms with Gasteiger partial charge in [0.15, 0.2) is 11.5 Å². The van der Waals surface area contributed by atoms with Gasteiger partial charge in [-0.15, -0.1) is 0 Å². The van der Waals surface area contributed by atoms with Crippen LogP contribution in [0.5, 0.6) is 17.2 Å². The van der Waals surface area contributed by atoms with Crippen molar-refractivity contribution in [1.82, 2.24) is 10.7 Å². The topological polar surface area (TPSA) is 98.2 Å². The van der Waals surface area contributed by atoms with E-state index in [1.807, 2.05) is 25.1 Å². The summed E-state index contributed by atoms with van der Waals surface area (Å²) in [6.07, 6.45) is 2.37. The molecule has 9 heteroatoms. The van der Waals surface area contributed by atoms with Gasteiger partial charge in [0.25, 0.3) is 11.8 Å². The Morgan fingerprint density at radius 3 is 2.86 bits per heavy atom. The Kier molecular flexibility index (Phi) is 7.07. The van der Waals surface area contributed by atoms with Crippen LogP contribution in [0.25, 0.3) is 0 Å². The first-order valence-electron chi connectivity index (χ1n) is 8.99. The van der Waals surface area contributed by atoms with E-state index in [9.17, 15) is 9.59 Å². The molecule has 0 aromatic heterocycles. The van der Waals surface area contributed by atoms with E-state index in [-0.39, 0.29) is 13.3 Å². The van der Waals surface area contributed by atoms with Crippen molar-refractivity contribution in [3.05, 3.63) is 52.0 Å². The summed E-state index contributed by atoms with van der Waals surface area (Å²) >= 11 is 3.40. The highest BCUT2D eigenvalue weighted by molar-refractivity contribution is 9.10. The summed E-state index contributed by atoms with van der Waals surface area (Å²) in [4.78, 5) is 24.1. The number of benzene rings is 2. The van der Waals surface area contributed by atoms with Gasteiger partial charge in [-0.25, -0.2) is 5.43 Å². The Hall–Kier alpha value is -3.07. The molecule has 0 saturated carbocycles. The van der Waals surface area contributed by atoms with Crippen molar-refractivity contribution < 1.29 is 23.8 Å². The quantitative estimate of drug-likeness (QED) is 0.465. The van der Waals surface area contributed by atoms with Crippen LogP contribution >= 0.6 is 15.9 Å². The molecule has 0 atom stereocenters. The Bertz CT molecular complexity index is 932. The minimum Gasteiger partial charge on any atom is -0.493 e. The van der Waals surface area contributed by atoms with Gasteiger partial charge in [0, 0.05) is 15.6 Å². The first-order valence-corrected chi connectivity index (χ1v) is 9.78. The molecule has 8 nitrogen and oxygen atoms in total. The van der Waals surface area contributed by atoms with Crippen molar-refractivity contribution in [2.45, 2.75) is 13.3 Å². The van der Waals surface area contributed by atoms with E-state index < -0.39 is 11.8 Å². The molecular weight excluding hydrogens is 442 g/mol. The fraction of sp³-hybridized carbons (Fsp3) is 0.250. The lowest BCUT2D eigenvalue weighted by Gasteiger charge is -2.08. The highest BCUT2D eigenvalue weighted by atomic mass is 79.9. The summed E-state index contributed by atoms with van der Waals surface area (Å²) in [7, 11) is 0. The van der Waals surface area contributed by atoms with Crippen LogP contribution in [0.1, 0.15) is 29.3 Å². The number of halogens is 1. The Morgan fingerprint density at radius 2 is 2.03 bits per heavy atom. The van der Waals surface area contributed by atoms with Crippen LogP contribution in [0.3, 0.4) is 0 Å². The zero-order valence-corrected chi connectivity index (χ0v) is 17.3. The molecule has 0 saturated heterocycles. The first-order chi connectivity index (χ1) is 14.1. The molecule has 0 radical (unpaired) electrons. The third-order valence-electron chi connectivity index (χ3n) is 3.87. The van der Waals surface area contributed by atoms with Gasteiger partial charge in [-0.3, -0.25) is 9.59 Å². The molecule has 1 aliphatic heterocycles. The van der Waals surface area contributed by atoms with E-state index in [2.05, 4.69) is 31.8 Å². The van der Waals surface area contributed by atoms with Gasteiger partial charge in [-0.1, -0.05) is 22.9 Å². The van der Waals surface area contributed by atoms with Crippen molar-refractivity contribution in [3.63, 3.8) is 0 Å². The Balaban J connectivity index is 1.51. The molecule has 2 amide bonds. The lowest BCUT2D eigenvalue weighted by Crippen LogP contribution is -2.34. The monoisotopic (exact) mass is 461 g/mol. The summed E-state index contributed by atoms with van der Waals surface area (Å²) < 4.78 is 17.0. The SMILES string of the molecule is CCCOc1ccc(Br)cc1/C=N/NC(=O)CNC(=O)c1ccc2c(c1)OCO2. The van der Waals surface area contributed by atoms with Gasteiger partial charge >= 0.3 is 0 Å². The number of rotatable bonds is 8. The van der Waals surface area contributed by atoms with E-state index in [0.29, 0.717) is 29.4 Å². The maximum atomic E-state index is 12.2. The van der Waals surface area contributed by atoms with E-state index in [1.165, 1.54) is 6.21 Å². The van der Waals surface area contributed by atoms with Crippen LogP contribution in [0.15, 0.2) is 46.0 Å². The minimum atomic E-state index is -0.457. The second kappa shape index (κ2) is 9.92. The summed E-state index contributed by atoms with van der Waals surface area (Å²) in [6.45, 7) is 2.51. The fourth-order valence-corrected chi connectivity index (χ4v) is 2.86. The number of hydrazone groups is 1. The summed E-state index contributed by atoms with van der Waals surface area (Å²) in [5, 5.41) is 6.47. The van der Waals surface area contributed by atoms with E-state index >= 15 is 0 Å². The Labute approximate surface area is 176 Å². The van der Waals surface area contributed by atoms with Gasteiger partial charge in [0.2, 0.25) is 6.79 Å². The van der Waals surface area contributed by atoms with E-state index in [4.69, 9.17) is 14.2 Å². The van der Waals surface area contributed by atoms with Crippen LogP contribution < -0.4 is 25.0 Å². The molecular formula is C20H20BrN3O5. The smallest absolute Gasteiger partial charge is 0.259 e. The van der Waals surface area contributed by atoms with Crippen LogP contribution in [0.4, 0.5) is 0 Å². The van der Waals surface area contributed by atoms with Gasteiger partial charge in [-0.2, -0.15) is 5.10 Å². The number of hydrogen-bond donors (Lipinski definition) is 2. The maximum Gasteiger partial charge on any atom is 0.259 e. The average Bonchev–Trinajstić information content (AvgIpc) is 3.19. The molecule has 2 aromatic carbocycles. The number of carbonyl (C=O) groups is 2. The normalized spacial score (nSPS) is 12.1.